The highest BCUT2D eigenvalue weighted by atomic mass is 35.5. The van der Waals surface area contributed by atoms with Gasteiger partial charge in [0.05, 0.1) is 6.04 Å². The van der Waals surface area contributed by atoms with Crippen LogP contribution >= 0.6 is 11.6 Å². The van der Waals surface area contributed by atoms with E-state index in [9.17, 15) is 14.4 Å². The van der Waals surface area contributed by atoms with Gasteiger partial charge in [-0.15, -0.1) is 0 Å². The molecule has 0 bridgehead atoms. The second-order valence-electron chi connectivity index (χ2n) is 11.8. The largest absolute Gasteiger partial charge is 0.354 e. The summed E-state index contributed by atoms with van der Waals surface area (Å²) in [5, 5.41) is 10.2. The molecular formula is C32H42ClN5O3. The van der Waals surface area contributed by atoms with Crippen LogP contribution in [-0.4, -0.2) is 77.9 Å². The minimum absolute atomic E-state index is 0.000453. The SMILES string of the molecule is CC(=O)NCC1(N2CCN(C(=O)C(Cc3ccc(Cl)cc3)NC(=O)[C@H]3Cc4ccccc4CN3)CC2)CCCCC1. The van der Waals surface area contributed by atoms with Crippen LogP contribution in [0.2, 0.25) is 5.02 Å². The molecule has 41 heavy (non-hydrogen) atoms. The lowest BCUT2D eigenvalue weighted by Gasteiger charge is -2.50. The van der Waals surface area contributed by atoms with Crippen LogP contribution in [0.25, 0.3) is 0 Å². The lowest BCUT2D eigenvalue weighted by molar-refractivity contribution is -0.139. The van der Waals surface area contributed by atoms with E-state index in [1.165, 1.54) is 17.5 Å². The van der Waals surface area contributed by atoms with Gasteiger partial charge in [-0.1, -0.05) is 67.3 Å². The van der Waals surface area contributed by atoms with E-state index in [-0.39, 0.29) is 29.3 Å². The Balaban J connectivity index is 1.26. The Bertz CT molecular complexity index is 1220. The molecule has 1 aliphatic carbocycles. The third-order valence-corrected chi connectivity index (χ3v) is 9.33. The molecule has 3 aliphatic rings. The van der Waals surface area contributed by atoms with Gasteiger partial charge in [0, 0.05) is 63.2 Å². The maximum Gasteiger partial charge on any atom is 0.245 e. The Labute approximate surface area is 248 Å². The van der Waals surface area contributed by atoms with Gasteiger partial charge in [0.15, 0.2) is 0 Å². The zero-order chi connectivity index (χ0) is 28.8. The average molecular weight is 580 g/mol. The number of hydrogen-bond acceptors (Lipinski definition) is 5. The molecule has 2 aromatic rings. The average Bonchev–Trinajstić information content (AvgIpc) is 3.00. The molecule has 0 aromatic heterocycles. The summed E-state index contributed by atoms with van der Waals surface area (Å²) in [4.78, 5) is 43.5. The van der Waals surface area contributed by atoms with Crippen LogP contribution in [0, 0.1) is 0 Å². The van der Waals surface area contributed by atoms with Gasteiger partial charge in [0.25, 0.3) is 0 Å². The third-order valence-electron chi connectivity index (χ3n) is 9.08. The van der Waals surface area contributed by atoms with Crippen LogP contribution in [0.1, 0.15) is 55.7 Å². The number of carbonyl (C=O) groups is 3. The zero-order valence-electron chi connectivity index (χ0n) is 24.0. The normalized spacial score (nSPS) is 21.4. The summed E-state index contributed by atoms with van der Waals surface area (Å²) in [6.07, 6.45) is 6.67. The topological polar surface area (TPSA) is 93.8 Å². The van der Waals surface area contributed by atoms with Crippen molar-refractivity contribution in [1.82, 2.24) is 25.8 Å². The Hall–Kier alpha value is -2.94. The lowest BCUT2D eigenvalue weighted by atomic mass is 9.79. The Morgan fingerprint density at radius 2 is 1.66 bits per heavy atom. The van der Waals surface area contributed by atoms with E-state index in [0.29, 0.717) is 44.0 Å². The van der Waals surface area contributed by atoms with E-state index in [2.05, 4.69) is 33.0 Å². The van der Waals surface area contributed by atoms with Gasteiger partial charge in [-0.05, 0) is 48.1 Å². The first-order chi connectivity index (χ1) is 19.8. The van der Waals surface area contributed by atoms with Crippen LogP contribution in [0.5, 0.6) is 0 Å². The van der Waals surface area contributed by atoms with E-state index >= 15 is 0 Å². The molecule has 2 heterocycles. The van der Waals surface area contributed by atoms with Gasteiger partial charge in [0.2, 0.25) is 17.7 Å². The molecule has 1 saturated heterocycles. The maximum atomic E-state index is 14.0. The fourth-order valence-electron chi connectivity index (χ4n) is 6.69. The number of fused-ring (bicyclic) bond motifs is 1. The summed E-state index contributed by atoms with van der Waals surface area (Å²) in [5.41, 5.74) is 3.28. The van der Waals surface area contributed by atoms with Gasteiger partial charge in [0.1, 0.15) is 6.04 Å². The predicted molar refractivity (Wildman–Crippen MR) is 161 cm³/mol. The summed E-state index contributed by atoms with van der Waals surface area (Å²) in [7, 11) is 0. The second-order valence-corrected chi connectivity index (χ2v) is 12.2. The molecule has 220 valence electrons. The van der Waals surface area contributed by atoms with Gasteiger partial charge < -0.3 is 20.9 Å². The van der Waals surface area contributed by atoms with Gasteiger partial charge in [-0.3, -0.25) is 19.3 Å². The molecule has 5 rings (SSSR count). The molecule has 1 unspecified atom stereocenters. The van der Waals surface area contributed by atoms with E-state index in [4.69, 9.17) is 11.6 Å². The minimum atomic E-state index is -0.669. The molecule has 0 radical (unpaired) electrons. The Morgan fingerprint density at radius 1 is 0.976 bits per heavy atom. The second kappa shape index (κ2) is 13.4. The summed E-state index contributed by atoms with van der Waals surface area (Å²) < 4.78 is 0. The number of amides is 3. The highest BCUT2D eigenvalue weighted by Crippen LogP contribution is 2.34. The summed E-state index contributed by atoms with van der Waals surface area (Å²) >= 11 is 6.11. The van der Waals surface area contributed by atoms with Crippen molar-refractivity contribution in [1.29, 1.82) is 0 Å². The number of halogens is 1. The first-order valence-corrected chi connectivity index (χ1v) is 15.3. The number of hydrogen-bond donors (Lipinski definition) is 3. The number of piperazine rings is 1. The van der Waals surface area contributed by atoms with Crippen molar-refractivity contribution in [2.75, 3.05) is 32.7 Å². The molecule has 8 nitrogen and oxygen atoms in total. The molecule has 2 atom stereocenters. The number of carbonyl (C=O) groups excluding carboxylic acids is 3. The number of nitrogens with zero attached hydrogens (tertiary/aromatic N) is 2. The zero-order valence-corrected chi connectivity index (χ0v) is 24.7. The number of rotatable bonds is 8. The maximum absolute atomic E-state index is 14.0. The van der Waals surface area contributed by atoms with Crippen LogP contribution in [0.4, 0.5) is 0 Å². The molecule has 1 saturated carbocycles. The van der Waals surface area contributed by atoms with Crippen molar-refractivity contribution < 1.29 is 14.4 Å². The molecule has 3 N–H and O–H groups in total. The minimum Gasteiger partial charge on any atom is -0.354 e. The predicted octanol–water partition coefficient (Wildman–Crippen LogP) is 3.07. The summed E-state index contributed by atoms with van der Waals surface area (Å²) in [6.45, 7) is 5.58. The van der Waals surface area contributed by atoms with Crippen molar-refractivity contribution in [3.8, 4) is 0 Å². The Kier molecular flexibility index (Phi) is 9.63. The van der Waals surface area contributed by atoms with Crippen molar-refractivity contribution in [2.45, 2.75) is 76.0 Å². The van der Waals surface area contributed by atoms with E-state index in [1.54, 1.807) is 6.92 Å². The smallest absolute Gasteiger partial charge is 0.245 e. The standard InChI is InChI=1S/C32H42ClN5O3/c1-23(39)35-22-32(13-5-2-6-14-32)38-17-15-37(16-18-38)31(41)29(19-24-9-11-27(33)12-10-24)36-30(40)28-20-25-7-3-4-8-26(25)21-34-28/h3-4,7-12,28-29,34H,2,5-6,13-22H2,1H3,(H,35,39)(H,36,40)/t28-,29?/m1/s1. The van der Waals surface area contributed by atoms with Gasteiger partial charge >= 0.3 is 0 Å². The van der Waals surface area contributed by atoms with E-state index < -0.39 is 6.04 Å². The summed E-state index contributed by atoms with van der Waals surface area (Å²) in [5.74, 6) is -0.203. The highest BCUT2D eigenvalue weighted by Gasteiger charge is 2.41. The van der Waals surface area contributed by atoms with Gasteiger partial charge in [-0.25, -0.2) is 0 Å². The van der Waals surface area contributed by atoms with Crippen molar-refractivity contribution in [2.24, 2.45) is 0 Å². The highest BCUT2D eigenvalue weighted by molar-refractivity contribution is 6.30. The van der Waals surface area contributed by atoms with Gasteiger partial charge in [-0.2, -0.15) is 0 Å². The number of benzene rings is 2. The molecule has 2 aliphatic heterocycles. The molecule has 2 fully saturated rings. The van der Waals surface area contributed by atoms with E-state index in [1.807, 2.05) is 41.3 Å². The molecule has 2 aromatic carbocycles. The quantitative estimate of drug-likeness (QED) is 0.447. The van der Waals surface area contributed by atoms with Crippen molar-refractivity contribution in [3.63, 3.8) is 0 Å². The fraction of sp³-hybridized carbons (Fsp3) is 0.531. The molecule has 0 spiro atoms. The monoisotopic (exact) mass is 579 g/mol. The molecular weight excluding hydrogens is 538 g/mol. The fourth-order valence-corrected chi connectivity index (χ4v) is 6.82. The Morgan fingerprint density at radius 3 is 2.34 bits per heavy atom. The molecule has 3 amide bonds. The van der Waals surface area contributed by atoms with Crippen LogP contribution in [0.3, 0.4) is 0 Å². The molecule has 9 heteroatoms. The first kappa shape index (κ1) is 29.5. The van der Waals surface area contributed by atoms with Crippen molar-refractivity contribution >= 4 is 29.3 Å². The van der Waals surface area contributed by atoms with Crippen LogP contribution < -0.4 is 16.0 Å². The van der Waals surface area contributed by atoms with Crippen LogP contribution in [-0.2, 0) is 33.8 Å². The third kappa shape index (κ3) is 7.29. The van der Waals surface area contributed by atoms with Crippen molar-refractivity contribution in [3.05, 3.63) is 70.2 Å². The number of nitrogens with one attached hydrogen (secondary N) is 3. The van der Waals surface area contributed by atoms with E-state index in [0.717, 1.165) is 44.3 Å². The summed E-state index contributed by atoms with van der Waals surface area (Å²) in [6, 6.07) is 14.6. The lowest BCUT2D eigenvalue weighted by Crippen LogP contribution is -2.64. The first-order valence-electron chi connectivity index (χ1n) is 15.0. The van der Waals surface area contributed by atoms with Crippen LogP contribution in [0.15, 0.2) is 48.5 Å².